The van der Waals surface area contributed by atoms with Gasteiger partial charge in [-0.3, -0.25) is 9.48 Å². The predicted molar refractivity (Wildman–Crippen MR) is 69.9 cm³/mol. The summed E-state index contributed by atoms with van der Waals surface area (Å²) in [4.78, 5) is 12.0. The maximum atomic E-state index is 12.0. The number of nitrogens with zero attached hydrogens (tertiary/aromatic N) is 2. The second-order valence-corrected chi connectivity index (χ2v) is 4.18. The Balaban J connectivity index is 2.10. The minimum Gasteiger partial charge on any atom is -0.382 e. The number of nitrogens with two attached hydrogens (primary N) is 1. The van der Waals surface area contributed by atoms with Crippen molar-refractivity contribution >= 4 is 11.7 Å². The van der Waals surface area contributed by atoms with Gasteiger partial charge in [-0.15, -0.1) is 0 Å². The molecule has 1 unspecified atom stereocenters. The van der Waals surface area contributed by atoms with Crippen LogP contribution in [0.4, 0.5) is 5.82 Å². The van der Waals surface area contributed by atoms with Gasteiger partial charge in [0.15, 0.2) is 0 Å². The summed E-state index contributed by atoms with van der Waals surface area (Å²) in [5.74, 6) is 0.160. The van der Waals surface area contributed by atoms with Crippen molar-refractivity contribution < 1.29 is 4.79 Å². The number of carbonyl (C=O) groups excluding carboxylic acids is 1. The maximum Gasteiger partial charge on any atom is 0.270 e. The molecule has 5 nitrogen and oxygen atoms in total. The Hall–Kier alpha value is -2.30. The number of carbonyl (C=O) groups is 1. The molecule has 0 aliphatic carbocycles. The number of hydrogen-bond acceptors (Lipinski definition) is 3. The topological polar surface area (TPSA) is 72.9 Å². The van der Waals surface area contributed by atoms with Crippen molar-refractivity contribution in [1.82, 2.24) is 15.1 Å². The second-order valence-electron chi connectivity index (χ2n) is 4.18. The summed E-state index contributed by atoms with van der Waals surface area (Å²) >= 11 is 0. The molecular weight excluding hydrogens is 228 g/mol. The highest BCUT2D eigenvalue weighted by molar-refractivity contribution is 5.93. The van der Waals surface area contributed by atoms with Crippen LogP contribution in [0.25, 0.3) is 0 Å². The normalized spacial score (nSPS) is 12.1. The fourth-order valence-electron chi connectivity index (χ4n) is 1.80. The van der Waals surface area contributed by atoms with Crippen LogP contribution in [0.1, 0.15) is 29.0 Å². The van der Waals surface area contributed by atoms with Gasteiger partial charge in [-0.2, -0.15) is 5.10 Å². The molecule has 1 heterocycles. The standard InChI is InChI=1S/C13H16N4O/c1-9(10-6-4-3-5-7-10)15-13(18)11-8-12(14)16-17(11)2/h3-9H,1-2H3,(H2,14,16)(H,15,18). The van der Waals surface area contributed by atoms with Gasteiger partial charge in [-0.1, -0.05) is 30.3 Å². The average Bonchev–Trinajstić information content (AvgIpc) is 2.69. The van der Waals surface area contributed by atoms with Crippen LogP contribution in [0.3, 0.4) is 0 Å². The number of rotatable bonds is 3. The molecule has 0 saturated carbocycles. The molecule has 0 saturated heterocycles. The number of anilines is 1. The lowest BCUT2D eigenvalue weighted by Crippen LogP contribution is -2.28. The fourth-order valence-corrected chi connectivity index (χ4v) is 1.80. The number of aryl methyl sites for hydroxylation is 1. The summed E-state index contributed by atoms with van der Waals surface area (Å²) in [5.41, 5.74) is 7.06. The lowest BCUT2D eigenvalue weighted by molar-refractivity contribution is 0.0930. The zero-order valence-corrected chi connectivity index (χ0v) is 10.4. The van der Waals surface area contributed by atoms with Crippen molar-refractivity contribution in [3.05, 3.63) is 47.7 Å². The van der Waals surface area contributed by atoms with Gasteiger partial charge in [0.25, 0.3) is 5.91 Å². The van der Waals surface area contributed by atoms with Crippen molar-refractivity contribution in [2.45, 2.75) is 13.0 Å². The van der Waals surface area contributed by atoms with E-state index in [1.807, 2.05) is 37.3 Å². The van der Waals surface area contributed by atoms with Gasteiger partial charge < -0.3 is 11.1 Å². The molecule has 0 spiro atoms. The first-order valence-corrected chi connectivity index (χ1v) is 5.73. The number of aromatic nitrogens is 2. The Morgan fingerprint density at radius 2 is 2.06 bits per heavy atom. The Bertz CT molecular complexity index is 547. The van der Waals surface area contributed by atoms with Crippen molar-refractivity contribution in [2.24, 2.45) is 7.05 Å². The van der Waals surface area contributed by atoms with E-state index in [0.717, 1.165) is 5.56 Å². The molecule has 1 aromatic heterocycles. The Kier molecular flexibility index (Phi) is 3.32. The van der Waals surface area contributed by atoms with E-state index in [2.05, 4.69) is 10.4 Å². The fraction of sp³-hybridized carbons (Fsp3) is 0.231. The van der Waals surface area contributed by atoms with E-state index in [9.17, 15) is 4.79 Å². The van der Waals surface area contributed by atoms with Crippen LogP contribution in [-0.2, 0) is 7.05 Å². The highest BCUT2D eigenvalue weighted by Gasteiger charge is 2.15. The van der Waals surface area contributed by atoms with E-state index in [0.29, 0.717) is 11.5 Å². The van der Waals surface area contributed by atoms with E-state index in [-0.39, 0.29) is 11.9 Å². The highest BCUT2D eigenvalue weighted by atomic mass is 16.2. The summed E-state index contributed by atoms with van der Waals surface area (Å²) in [6.45, 7) is 1.94. The van der Waals surface area contributed by atoms with Gasteiger partial charge in [0.2, 0.25) is 0 Å². The monoisotopic (exact) mass is 244 g/mol. The first kappa shape index (κ1) is 12.2. The zero-order chi connectivity index (χ0) is 13.1. The summed E-state index contributed by atoms with van der Waals surface area (Å²) in [7, 11) is 1.69. The molecule has 3 N–H and O–H groups in total. The zero-order valence-electron chi connectivity index (χ0n) is 10.4. The minimum absolute atomic E-state index is 0.0603. The average molecular weight is 244 g/mol. The van der Waals surface area contributed by atoms with Gasteiger partial charge in [0.05, 0.1) is 6.04 Å². The smallest absolute Gasteiger partial charge is 0.270 e. The Labute approximate surface area is 106 Å². The summed E-state index contributed by atoms with van der Waals surface area (Å²) in [6.07, 6.45) is 0. The SMILES string of the molecule is CC(NC(=O)c1cc(N)nn1C)c1ccccc1. The molecule has 0 aliphatic heterocycles. The molecule has 1 atom stereocenters. The molecule has 94 valence electrons. The number of hydrogen-bond donors (Lipinski definition) is 2. The third-order valence-corrected chi connectivity index (χ3v) is 2.78. The van der Waals surface area contributed by atoms with Crippen molar-refractivity contribution in [2.75, 3.05) is 5.73 Å². The first-order chi connectivity index (χ1) is 8.58. The van der Waals surface area contributed by atoms with Crippen LogP contribution in [0.15, 0.2) is 36.4 Å². The van der Waals surface area contributed by atoms with Gasteiger partial charge >= 0.3 is 0 Å². The Morgan fingerprint density at radius 3 is 2.61 bits per heavy atom. The van der Waals surface area contributed by atoms with E-state index in [4.69, 9.17) is 5.73 Å². The third kappa shape index (κ3) is 2.51. The van der Waals surface area contributed by atoms with Crippen LogP contribution in [0, 0.1) is 0 Å². The van der Waals surface area contributed by atoms with Crippen molar-refractivity contribution in [3.8, 4) is 0 Å². The molecule has 1 amide bonds. The molecule has 2 rings (SSSR count). The molecule has 2 aromatic rings. The highest BCUT2D eigenvalue weighted by Crippen LogP contribution is 2.12. The van der Waals surface area contributed by atoms with Gasteiger partial charge in [-0.25, -0.2) is 0 Å². The van der Waals surface area contributed by atoms with Crippen LogP contribution in [0.5, 0.6) is 0 Å². The van der Waals surface area contributed by atoms with Crippen LogP contribution >= 0.6 is 0 Å². The number of amides is 1. The first-order valence-electron chi connectivity index (χ1n) is 5.73. The van der Waals surface area contributed by atoms with E-state index in [1.165, 1.54) is 4.68 Å². The number of nitrogen functional groups attached to an aromatic ring is 1. The molecule has 0 fully saturated rings. The van der Waals surface area contributed by atoms with E-state index < -0.39 is 0 Å². The second kappa shape index (κ2) is 4.91. The van der Waals surface area contributed by atoms with E-state index >= 15 is 0 Å². The van der Waals surface area contributed by atoms with E-state index in [1.54, 1.807) is 13.1 Å². The molecular formula is C13H16N4O. The number of nitrogens with one attached hydrogen (secondary N) is 1. The van der Waals surface area contributed by atoms with Gasteiger partial charge in [-0.05, 0) is 12.5 Å². The largest absolute Gasteiger partial charge is 0.382 e. The molecule has 0 radical (unpaired) electrons. The molecule has 1 aromatic carbocycles. The van der Waals surface area contributed by atoms with Gasteiger partial charge in [0, 0.05) is 13.1 Å². The van der Waals surface area contributed by atoms with Crippen molar-refractivity contribution in [1.29, 1.82) is 0 Å². The summed E-state index contributed by atoms with van der Waals surface area (Å²) in [5, 5.41) is 6.86. The summed E-state index contributed by atoms with van der Waals surface area (Å²) < 4.78 is 1.47. The van der Waals surface area contributed by atoms with Crippen LogP contribution < -0.4 is 11.1 Å². The molecule has 0 bridgehead atoms. The van der Waals surface area contributed by atoms with Crippen LogP contribution in [0.2, 0.25) is 0 Å². The third-order valence-electron chi connectivity index (χ3n) is 2.78. The summed E-state index contributed by atoms with van der Waals surface area (Å²) in [6, 6.07) is 11.3. The molecule has 0 aliphatic rings. The quantitative estimate of drug-likeness (QED) is 0.859. The lowest BCUT2D eigenvalue weighted by atomic mass is 10.1. The Morgan fingerprint density at radius 1 is 1.39 bits per heavy atom. The molecule has 18 heavy (non-hydrogen) atoms. The molecule has 5 heteroatoms. The van der Waals surface area contributed by atoms with Gasteiger partial charge in [0.1, 0.15) is 11.5 Å². The minimum atomic E-state index is -0.182. The maximum absolute atomic E-state index is 12.0. The van der Waals surface area contributed by atoms with Crippen molar-refractivity contribution in [3.63, 3.8) is 0 Å². The number of benzene rings is 1. The lowest BCUT2D eigenvalue weighted by Gasteiger charge is -2.14. The predicted octanol–water partition coefficient (Wildman–Crippen LogP) is 1.49. The van der Waals surface area contributed by atoms with Crippen LogP contribution in [-0.4, -0.2) is 15.7 Å².